The molecule has 1 heterocycles. The summed E-state index contributed by atoms with van der Waals surface area (Å²) < 4.78 is 29.3. The van der Waals surface area contributed by atoms with Crippen molar-refractivity contribution in [3.8, 4) is 11.6 Å². The number of benzene rings is 1. The van der Waals surface area contributed by atoms with Gasteiger partial charge in [-0.15, -0.1) is 0 Å². The van der Waals surface area contributed by atoms with Crippen LogP contribution in [0.2, 0.25) is 0 Å². The lowest BCUT2D eigenvalue weighted by molar-refractivity contribution is 0.418. The SMILES string of the molecule is FC(F)=CCCSc1nccc(Oc2ccccc2)n1. The Morgan fingerprint density at radius 3 is 2.75 bits per heavy atom. The molecule has 0 saturated carbocycles. The smallest absolute Gasteiger partial charge is 0.266 e. The Kier molecular flexibility index (Phi) is 5.49. The van der Waals surface area contributed by atoms with Gasteiger partial charge in [0.05, 0.1) is 0 Å². The van der Waals surface area contributed by atoms with Gasteiger partial charge in [-0.1, -0.05) is 30.0 Å². The van der Waals surface area contributed by atoms with Gasteiger partial charge >= 0.3 is 0 Å². The molecule has 2 rings (SSSR count). The Morgan fingerprint density at radius 2 is 2.00 bits per heavy atom. The Bertz CT molecular complexity index is 574. The maximum atomic E-state index is 11.9. The topological polar surface area (TPSA) is 35.0 Å². The number of hydrogen-bond donors (Lipinski definition) is 0. The summed E-state index contributed by atoms with van der Waals surface area (Å²) in [4.78, 5) is 8.27. The molecule has 104 valence electrons. The molecule has 1 aromatic carbocycles. The summed E-state index contributed by atoms with van der Waals surface area (Å²) in [5, 5.41) is 0.506. The van der Waals surface area contributed by atoms with Gasteiger partial charge in [0, 0.05) is 18.0 Å². The minimum atomic E-state index is -1.66. The third kappa shape index (κ3) is 4.97. The van der Waals surface area contributed by atoms with Crippen molar-refractivity contribution in [2.45, 2.75) is 11.6 Å². The highest BCUT2D eigenvalue weighted by molar-refractivity contribution is 7.99. The van der Waals surface area contributed by atoms with Gasteiger partial charge in [0.15, 0.2) is 5.16 Å². The number of nitrogens with zero attached hydrogens (tertiary/aromatic N) is 2. The average molecular weight is 294 g/mol. The number of ether oxygens (including phenoxy) is 1. The molecule has 0 saturated heterocycles. The van der Waals surface area contributed by atoms with Crippen LogP contribution in [0.3, 0.4) is 0 Å². The number of rotatable bonds is 6. The standard InChI is InChI=1S/C14H12F2N2OS/c15-12(16)7-4-10-20-14-17-9-8-13(18-14)19-11-5-2-1-3-6-11/h1-3,5-9H,4,10H2. The van der Waals surface area contributed by atoms with E-state index in [-0.39, 0.29) is 6.42 Å². The molecule has 0 aliphatic rings. The zero-order valence-electron chi connectivity index (χ0n) is 10.5. The molecular formula is C14H12F2N2OS. The zero-order chi connectivity index (χ0) is 14.2. The fraction of sp³-hybridized carbons (Fsp3) is 0.143. The number of thioether (sulfide) groups is 1. The predicted molar refractivity (Wildman–Crippen MR) is 74.2 cm³/mol. The van der Waals surface area contributed by atoms with E-state index in [1.54, 1.807) is 12.3 Å². The Balaban J connectivity index is 1.92. The zero-order valence-corrected chi connectivity index (χ0v) is 11.3. The minimum Gasteiger partial charge on any atom is -0.439 e. The molecule has 0 amide bonds. The lowest BCUT2D eigenvalue weighted by Crippen LogP contribution is -1.92. The van der Waals surface area contributed by atoms with E-state index in [0.29, 0.717) is 22.5 Å². The number of aromatic nitrogens is 2. The van der Waals surface area contributed by atoms with E-state index in [9.17, 15) is 8.78 Å². The van der Waals surface area contributed by atoms with E-state index in [4.69, 9.17) is 4.74 Å². The van der Waals surface area contributed by atoms with Crippen LogP contribution in [0, 0.1) is 0 Å². The van der Waals surface area contributed by atoms with Crippen molar-refractivity contribution in [1.29, 1.82) is 0 Å². The molecule has 0 N–H and O–H groups in total. The first-order valence-corrected chi connectivity index (χ1v) is 6.92. The summed E-state index contributed by atoms with van der Waals surface area (Å²) in [6.07, 6.45) is 1.09. The first-order chi connectivity index (χ1) is 9.74. The lowest BCUT2D eigenvalue weighted by atomic mass is 10.3. The first-order valence-electron chi connectivity index (χ1n) is 5.94. The van der Waals surface area contributed by atoms with Crippen molar-refractivity contribution in [2.75, 3.05) is 5.75 Å². The predicted octanol–water partition coefficient (Wildman–Crippen LogP) is 4.53. The molecule has 0 aliphatic heterocycles. The van der Waals surface area contributed by atoms with Gasteiger partial charge in [0.2, 0.25) is 5.88 Å². The summed E-state index contributed by atoms with van der Waals surface area (Å²) >= 11 is 1.31. The van der Waals surface area contributed by atoms with Gasteiger partial charge in [-0.25, -0.2) is 4.98 Å². The molecule has 6 heteroatoms. The molecule has 3 nitrogen and oxygen atoms in total. The maximum Gasteiger partial charge on any atom is 0.266 e. The monoisotopic (exact) mass is 294 g/mol. The van der Waals surface area contributed by atoms with Crippen LogP contribution in [0.25, 0.3) is 0 Å². The summed E-state index contributed by atoms with van der Waals surface area (Å²) in [5.41, 5.74) is 0. The molecule has 2 aromatic rings. The maximum absolute atomic E-state index is 11.9. The van der Waals surface area contributed by atoms with Crippen LogP contribution in [-0.2, 0) is 0 Å². The van der Waals surface area contributed by atoms with E-state index >= 15 is 0 Å². The van der Waals surface area contributed by atoms with E-state index in [1.807, 2.05) is 30.3 Å². The first kappa shape index (κ1) is 14.5. The van der Waals surface area contributed by atoms with E-state index in [1.165, 1.54) is 11.8 Å². The summed E-state index contributed by atoms with van der Waals surface area (Å²) in [5.74, 6) is 1.61. The highest BCUT2D eigenvalue weighted by Gasteiger charge is 2.02. The van der Waals surface area contributed by atoms with Gasteiger partial charge in [0.25, 0.3) is 6.08 Å². The number of halogens is 2. The van der Waals surface area contributed by atoms with Crippen LogP contribution in [0.4, 0.5) is 8.78 Å². The molecule has 0 bridgehead atoms. The summed E-state index contributed by atoms with van der Waals surface area (Å²) in [6.45, 7) is 0. The van der Waals surface area contributed by atoms with Crippen molar-refractivity contribution >= 4 is 11.8 Å². The Morgan fingerprint density at radius 1 is 1.20 bits per heavy atom. The molecule has 0 unspecified atom stereocenters. The molecule has 0 atom stereocenters. The molecule has 0 spiro atoms. The van der Waals surface area contributed by atoms with Gasteiger partial charge in [0.1, 0.15) is 5.75 Å². The third-order valence-corrected chi connectivity index (χ3v) is 3.12. The van der Waals surface area contributed by atoms with Crippen LogP contribution >= 0.6 is 11.8 Å². The number of allylic oxidation sites excluding steroid dienone is 1. The van der Waals surface area contributed by atoms with Crippen molar-refractivity contribution in [3.05, 3.63) is 54.8 Å². The fourth-order valence-corrected chi connectivity index (χ4v) is 2.09. The quantitative estimate of drug-likeness (QED) is 0.445. The second-order valence-electron chi connectivity index (χ2n) is 3.72. The van der Waals surface area contributed by atoms with Crippen molar-refractivity contribution < 1.29 is 13.5 Å². The third-order valence-electron chi connectivity index (χ3n) is 2.22. The van der Waals surface area contributed by atoms with Gasteiger partial charge < -0.3 is 4.74 Å². The lowest BCUT2D eigenvalue weighted by Gasteiger charge is -2.05. The van der Waals surface area contributed by atoms with E-state index in [2.05, 4.69) is 9.97 Å². The summed E-state index contributed by atoms with van der Waals surface area (Å²) in [6, 6.07) is 10.9. The Hall–Kier alpha value is -1.95. The average Bonchev–Trinajstić information content (AvgIpc) is 2.45. The van der Waals surface area contributed by atoms with Crippen molar-refractivity contribution in [1.82, 2.24) is 9.97 Å². The fourth-order valence-electron chi connectivity index (χ4n) is 1.38. The second kappa shape index (κ2) is 7.59. The van der Waals surface area contributed by atoms with Gasteiger partial charge in [-0.2, -0.15) is 13.8 Å². The van der Waals surface area contributed by atoms with Crippen LogP contribution in [0.1, 0.15) is 6.42 Å². The minimum absolute atomic E-state index is 0.278. The van der Waals surface area contributed by atoms with Crippen LogP contribution in [0.5, 0.6) is 11.6 Å². The van der Waals surface area contributed by atoms with E-state index in [0.717, 1.165) is 6.08 Å². The molecule has 1 aromatic heterocycles. The highest BCUT2D eigenvalue weighted by Crippen LogP contribution is 2.21. The van der Waals surface area contributed by atoms with Crippen LogP contribution in [0.15, 0.2) is 59.9 Å². The molecule has 0 radical (unpaired) electrons. The van der Waals surface area contributed by atoms with Crippen LogP contribution < -0.4 is 4.74 Å². The van der Waals surface area contributed by atoms with Crippen LogP contribution in [-0.4, -0.2) is 15.7 Å². The largest absolute Gasteiger partial charge is 0.439 e. The number of para-hydroxylation sites is 1. The molecular weight excluding hydrogens is 282 g/mol. The summed E-state index contributed by atoms with van der Waals surface area (Å²) in [7, 11) is 0. The highest BCUT2D eigenvalue weighted by atomic mass is 32.2. The van der Waals surface area contributed by atoms with E-state index < -0.39 is 6.08 Å². The van der Waals surface area contributed by atoms with Gasteiger partial charge in [-0.05, 0) is 24.6 Å². The number of hydrogen-bond acceptors (Lipinski definition) is 4. The molecule has 0 fully saturated rings. The normalized spacial score (nSPS) is 10.1. The molecule has 20 heavy (non-hydrogen) atoms. The molecule has 0 aliphatic carbocycles. The second-order valence-corrected chi connectivity index (χ2v) is 4.79. The van der Waals surface area contributed by atoms with Crippen molar-refractivity contribution in [3.63, 3.8) is 0 Å². The van der Waals surface area contributed by atoms with Crippen molar-refractivity contribution in [2.24, 2.45) is 0 Å². The van der Waals surface area contributed by atoms with Gasteiger partial charge in [-0.3, -0.25) is 0 Å². The Labute approximate surface area is 119 Å².